The van der Waals surface area contributed by atoms with Crippen molar-refractivity contribution in [2.24, 2.45) is 0 Å². The lowest BCUT2D eigenvalue weighted by atomic mass is 10.1. The summed E-state index contributed by atoms with van der Waals surface area (Å²) in [7, 11) is 0. The molecule has 0 radical (unpaired) electrons. The Morgan fingerprint density at radius 3 is 2.40 bits per heavy atom. The van der Waals surface area contributed by atoms with Crippen molar-refractivity contribution in [1.29, 1.82) is 0 Å². The zero-order valence-electron chi connectivity index (χ0n) is 11.0. The van der Waals surface area contributed by atoms with E-state index >= 15 is 0 Å². The van der Waals surface area contributed by atoms with Crippen molar-refractivity contribution in [1.82, 2.24) is 0 Å². The highest BCUT2D eigenvalue weighted by Crippen LogP contribution is 2.35. The number of benzene rings is 2. The Kier molecular flexibility index (Phi) is 4.51. The summed E-state index contributed by atoms with van der Waals surface area (Å²) in [4.78, 5) is 0. The lowest BCUT2D eigenvalue weighted by Crippen LogP contribution is -2.11. The van der Waals surface area contributed by atoms with Gasteiger partial charge in [0.2, 0.25) is 0 Å². The van der Waals surface area contributed by atoms with Crippen molar-refractivity contribution < 1.29 is 8.78 Å². The molecular formula is C15H13Cl2F2N. The van der Waals surface area contributed by atoms with Crippen LogP contribution in [0.5, 0.6) is 0 Å². The first-order valence-corrected chi connectivity index (χ1v) is 6.82. The van der Waals surface area contributed by atoms with Crippen LogP contribution in [0.1, 0.15) is 24.1 Å². The van der Waals surface area contributed by atoms with Gasteiger partial charge in [-0.25, -0.2) is 8.78 Å². The van der Waals surface area contributed by atoms with Gasteiger partial charge in [-0.15, -0.1) is 0 Å². The SMILES string of the molecule is Cc1cccc(F)c1NC(C)c1c(Cl)ccc(F)c1Cl. The first-order valence-electron chi connectivity index (χ1n) is 6.07. The molecule has 2 aromatic rings. The van der Waals surface area contributed by atoms with E-state index in [0.717, 1.165) is 5.56 Å². The minimum Gasteiger partial charge on any atom is -0.376 e. The molecular weight excluding hydrogens is 303 g/mol. The van der Waals surface area contributed by atoms with Crippen LogP contribution in [0.3, 0.4) is 0 Å². The summed E-state index contributed by atoms with van der Waals surface area (Å²) >= 11 is 12.0. The summed E-state index contributed by atoms with van der Waals surface area (Å²) in [6, 6.07) is 6.98. The molecule has 0 heterocycles. The predicted octanol–water partition coefficient (Wildman–Crippen LogP) is 5.75. The van der Waals surface area contributed by atoms with E-state index < -0.39 is 11.9 Å². The van der Waals surface area contributed by atoms with Crippen molar-refractivity contribution in [3.63, 3.8) is 0 Å². The van der Waals surface area contributed by atoms with Crippen LogP contribution in [0.4, 0.5) is 14.5 Å². The molecule has 1 nitrogen and oxygen atoms in total. The lowest BCUT2D eigenvalue weighted by Gasteiger charge is -2.20. The standard InChI is InChI=1S/C15H13Cl2F2N/c1-8-4-3-5-12(19)15(8)20-9(2)13-10(16)6-7-11(18)14(13)17/h3-7,9,20H,1-2H3. The molecule has 0 fully saturated rings. The zero-order chi connectivity index (χ0) is 14.9. The third kappa shape index (κ3) is 2.89. The van der Waals surface area contributed by atoms with E-state index in [1.807, 2.05) is 0 Å². The summed E-state index contributed by atoms with van der Waals surface area (Å²) in [5.41, 5.74) is 1.52. The van der Waals surface area contributed by atoms with E-state index in [9.17, 15) is 8.78 Å². The summed E-state index contributed by atoms with van der Waals surface area (Å²) in [6.45, 7) is 3.53. The number of para-hydroxylation sites is 1. The number of nitrogens with one attached hydrogen (secondary N) is 1. The molecule has 1 atom stereocenters. The minimum atomic E-state index is -0.551. The van der Waals surface area contributed by atoms with Gasteiger partial charge in [0.05, 0.1) is 16.8 Å². The second-order valence-electron chi connectivity index (χ2n) is 4.55. The van der Waals surface area contributed by atoms with Gasteiger partial charge in [-0.1, -0.05) is 35.3 Å². The van der Waals surface area contributed by atoms with Crippen molar-refractivity contribution in [3.8, 4) is 0 Å². The summed E-state index contributed by atoms with van der Waals surface area (Å²) in [5, 5.41) is 3.28. The summed E-state index contributed by atoms with van der Waals surface area (Å²) in [5.74, 6) is -0.925. The third-order valence-electron chi connectivity index (χ3n) is 3.10. The second-order valence-corrected chi connectivity index (χ2v) is 5.34. The maximum absolute atomic E-state index is 13.8. The fourth-order valence-electron chi connectivity index (χ4n) is 2.04. The van der Waals surface area contributed by atoms with Gasteiger partial charge in [0.25, 0.3) is 0 Å². The molecule has 1 unspecified atom stereocenters. The monoisotopic (exact) mass is 315 g/mol. The predicted molar refractivity (Wildman–Crippen MR) is 79.6 cm³/mol. The van der Waals surface area contributed by atoms with Gasteiger partial charge >= 0.3 is 0 Å². The van der Waals surface area contributed by atoms with E-state index in [1.54, 1.807) is 26.0 Å². The molecule has 0 aliphatic heterocycles. The largest absolute Gasteiger partial charge is 0.376 e. The molecule has 0 bridgehead atoms. The molecule has 106 valence electrons. The topological polar surface area (TPSA) is 12.0 Å². The van der Waals surface area contributed by atoms with Gasteiger partial charge < -0.3 is 5.32 Å². The van der Waals surface area contributed by atoms with Gasteiger partial charge in [0, 0.05) is 10.6 Å². The van der Waals surface area contributed by atoms with E-state index in [-0.39, 0.29) is 10.8 Å². The summed E-state index contributed by atoms with van der Waals surface area (Å²) < 4.78 is 27.3. The molecule has 0 aromatic heterocycles. The molecule has 2 rings (SSSR count). The average molecular weight is 316 g/mol. The highest BCUT2D eigenvalue weighted by Gasteiger charge is 2.18. The summed E-state index contributed by atoms with van der Waals surface area (Å²) in [6.07, 6.45) is 0. The molecule has 2 aromatic carbocycles. The van der Waals surface area contributed by atoms with Crippen molar-refractivity contribution in [2.45, 2.75) is 19.9 Å². The average Bonchev–Trinajstić information content (AvgIpc) is 2.39. The van der Waals surface area contributed by atoms with Crippen molar-refractivity contribution in [2.75, 3.05) is 5.32 Å². The van der Waals surface area contributed by atoms with Crippen LogP contribution in [0.2, 0.25) is 10.0 Å². The minimum absolute atomic E-state index is 0.0495. The second kappa shape index (κ2) is 5.98. The van der Waals surface area contributed by atoms with Crippen LogP contribution in [0.15, 0.2) is 30.3 Å². The van der Waals surface area contributed by atoms with Crippen LogP contribution in [0, 0.1) is 18.6 Å². The van der Waals surface area contributed by atoms with Crippen molar-refractivity contribution in [3.05, 3.63) is 63.1 Å². The number of hydrogen-bond donors (Lipinski definition) is 1. The van der Waals surface area contributed by atoms with Crippen LogP contribution >= 0.6 is 23.2 Å². The van der Waals surface area contributed by atoms with E-state index in [4.69, 9.17) is 23.2 Å². The smallest absolute Gasteiger partial charge is 0.146 e. The number of halogens is 4. The van der Waals surface area contributed by atoms with Crippen LogP contribution in [-0.4, -0.2) is 0 Å². The number of hydrogen-bond acceptors (Lipinski definition) is 1. The Balaban J connectivity index is 2.38. The number of anilines is 1. The fraction of sp³-hybridized carbons (Fsp3) is 0.200. The lowest BCUT2D eigenvalue weighted by molar-refractivity contribution is 0.621. The molecule has 1 N–H and O–H groups in total. The van der Waals surface area contributed by atoms with Crippen LogP contribution in [-0.2, 0) is 0 Å². The molecule has 0 aliphatic carbocycles. The van der Waals surface area contributed by atoms with E-state index in [1.165, 1.54) is 18.2 Å². The first kappa shape index (κ1) is 15.1. The maximum Gasteiger partial charge on any atom is 0.146 e. The molecule has 20 heavy (non-hydrogen) atoms. The van der Waals surface area contributed by atoms with E-state index in [0.29, 0.717) is 16.3 Å². The van der Waals surface area contributed by atoms with Gasteiger partial charge in [-0.3, -0.25) is 0 Å². The highest BCUT2D eigenvalue weighted by molar-refractivity contribution is 6.36. The van der Waals surface area contributed by atoms with Gasteiger partial charge in [-0.05, 0) is 37.6 Å². The molecule has 0 saturated heterocycles. The molecule has 0 amide bonds. The Morgan fingerprint density at radius 1 is 1.05 bits per heavy atom. The number of rotatable bonds is 3. The quantitative estimate of drug-likeness (QED) is 0.711. The maximum atomic E-state index is 13.8. The van der Waals surface area contributed by atoms with Crippen LogP contribution in [0.25, 0.3) is 0 Å². The van der Waals surface area contributed by atoms with Crippen molar-refractivity contribution >= 4 is 28.9 Å². The Bertz CT molecular complexity index is 624. The molecule has 0 aliphatic rings. The Labute approximate surface area is 126 Å². The third-order valence-corrected chi connectivity index (χ3v) is 3.81. The normalized spacial score (nSPS) is 12.3. The van der Waals surface area contributed by atoms with Crippen LogP contribution < -0.4 is 5.32 Å². The van der Waals surface area contributed by atoms with E-state index in [2.05, 4.69) is 5.32 Å². The molecule has 5 heteroatoms. The van der Waals surface area contributed by atoms with Gasteiger partial charge in [0.1, 0.15) is 11.6 Å². The van der Waals surface area contributed by atoms with Gasteiger partial charge in [-0.2, -0.15) is 0 Å². The van der Waals surface area contributed by atoms with Gasteiger partial charge in [0.15, 0.2) is 0 Å². The first-order chi connectivity index (χ1) is 9.41. The molecule has 0 saturated carbocycles. The fourth-order valence-corrected chi connectivity index (χ4v) is 2.74. The zero-order valence-corrected chi connectivity index (χ0v) is 12.5. The Hall–Kier alpha value is -1.32. The highest BCUT2D eigenvalue weighted by atomic mass is 35.5. The Morgan fingerprint density at radius 2 is 1.75 bits per heavy atom. The molecule has 0 spiro atoms. The number of aryl methyl sites for hydroxylation is 1.